The highest BCUT2D eigenvalue weighted by Gasteiger charge is 2.20. The number of nitrogens with two attached hydrogens (primary N) is 1. The Morgan fingerprint density at radius 3 is 2.59 bits per heavy atom. The maximum Gasteiger partial charge on any atom is 0.257 e. The maximum atomic E-state index is 13.5. The number of carbonyl (C=O) groups excluding carboxylic acids is 1. The average Bonchev–Trinajstić information content (AvgIpc) is 3.18. The highest BCUT2D eigenvalue weighted by atomic mass is 35.5. The second kappa shape index (κ2) is 9.72. The SMILES string of the molecule is NCCc1cc2cc(CN3CCOCC3)cc3c(=O)c(C(=O)NCc4ccc(Cl)cc4)cn1c23. The Balaban J connectivity index is 1.53. The molecule has 34 heavy (non-hydrogen) atoms. The molecule has 1 fully saturated rings. The van der Waals surface area contributed by atoms with Crippen LogP contribution in [-0.4, -0.2) is 48.1 Å². The average molecular weight is 479 g/mol. The predicted octanol–water partition coefficient (Wildman–Crippen LogP) is 2.81. The van der Waals surface area contributed by atoms with Gasteiger partial charge in [-0.05, 0) is 48.0 Å². The quantitative estimate of drug-likeness (QED) is 0.426. The largest absolute Gasteiger partial charge is 0.379 e. The molecule has 2 aromatic carbocycles. The number of aromatic nitrogens is 1. The van der Waals surface area contributed by atoms with Crippen molar-refractivity contribution in [3.8, 4) is 0 Å². The van der Waals surface area contributed by atoms with Crippen molar-refractivity contribution in [1.82, 2.24) is 14.6 Å². The molecule has 1 aliphatic rings. The number of rotatable bonds is 7. The van der Waals surface area contributed by atoms with Crippen molar-refractivity contribution >= 4 is 33.8 Å². The summed E-state index contributed by atoms with van der Waals surface area (Å²) in [4.78, 5) is 28.9. The van der Waals surface area contributed by atoms with Gasteiger partial charge in [-0.2, -0.15) is 0 Å². The summed E-state index contributed by atoms with van der Waals surface area (Å²) in [5.74, 6) is -0.398. The van der Waals surface area contributed by atoms with E-state index < -0.39 is 5.91 Å². The zero-order chi connectivity index (χ0) is 23.7. The Morgan fingerprint density at radius 1 is 1.09 bits per heavy atom. The van der Waals surface area contributed by atoms with Crippen molar-refractivity contribution < 1.29 is 9.53 Å². The maximum absolute atomic E-state index is 13.5. The van der Waals surface area contributed by atoms with Crippen molar-refractivity contribution in [3.63, 3.8) is 0 Å². The van der Waals surface area contributed by atoms with Crippen molar-refractivity contribution in [2.75, 3.05) is 32.8 Å². The zero-order valence-corrected chi connectivity index (χ0v) is 19.6. The van der Waals surface area contributed by atoms with E-state index in [0.717, 1.165) is 47.4 Å². The lowest BCUT2D eigenvalue weighted by molar-refractivity contribution is 0.0342. The Bertz CT molecular complexity index is 1380. The van der Waals surface area contributed by atoms with Gasteiger partial charge in [-0.25, -0.2) is 0 Å². The summed E-state index contributed by atoms with van der Waals surface area (Å²) in [6.45, 7) is 4.67. The van der Waals surface area contributed by atoms with Gasteiger partial charge >= 0.3 is 0 Å². The van der Waals surface area contributed by atoms with Crippen LogP contribution in [0.3, 0.4) is 0 Å². The first-order valence-corrected chi connectivity index (χ1v) is 11.9. The number of halogens is 1. The van der Waals surface area contributed by atoms with Gasteiger partial charge in [0, 0.05) is 60.3 Å². The summed E-state index contributed by atoms with van der Waals surface area (Å²) >= 11 is 5.94. The third-order valence-electron chi connectivity index (χ3n) is 6.34. The van der Waals surface area contributed by atoms with Crippen molar-refractivity contribution in [3.05, 3.63) is 86.3 Å². The summed E-state index contributed by atoms with van der Waals surface area (Å²) in [5.41, 5.74) is 9.50. The first-order chi connectivity index (χ1) is 16.5. The van der Waals surface area contributed by atoms with Gasteiger partial charge in [-0.1, -0.05) is 23.7 Å². The number of pyridine rings is 1. The van der Waals surface area contributed by atoms with E-state index >= 15 is 0 Å². The molecule has 4 aromatic rings. The van der Waals surface area contributed by atoms with E-state index in [1.807, 2.05) is 22.6 Å². The molecule has 0 saturated carbocycles. The minimum absolute atomic E-state index is 0.126. The smallest absolute Gasteiger partial charge is 0.257 e. The lowest BCUT2D eigenvalue weighted by Crippen LogP contribution is -2.35. The molecule has 0 aliphatic carbocycles. The summed E-state index contributed by atoms with van der Waals surface area (Å²) in [6, 6.07) is 13.4. The summed E-state index contributed by atoms with van der Waals surface area (Å²) in [7, 11) is 0. The monoisotopic (exact) mass is 478 g/mol. The fraction of sp³-hybridized carbons (Fsp3) is 0.308. The van der Waals surface area contributed by atoms with Crippen molar-refractivity contribution in [2.45, 2.75) is 19.5 Å². The lowest BCUT2D eigenvalue weighted by atomic mass is 10.0. The number of morpholine rings is 1. The van der Waals surface area contributed by atoms with Crippen molar-refractivity contribution in [2.24, 2.45) is 5.73 Å². The topological polar surface area (TPSA) is 89.1 Å². The molecular formula is C26H27ClN4O3. The van der Waals surface area contributed by atoms with E-state index in [4.69, 9.17) is 22.1 Å². The van der Waals surface area contributed by atoms with Gasteiger partial charge in [-0.3, -0.25) is 14.5 Å². The first-order valence-electron chi connectivity index (χ1n) is 11.5. The summed E-state index contributed by atoms with van der Waals surface area (Å²) in [6.07, 6.45) is 2.30. The van der Waals surface area contributed by atoms with Crippen LogP contribution in [0.5, 0.6) is 0 Å². The molecule has 1 aliphatic heterocycles. The van der Waals surface area contributed by atoms with Crippen LogP contribution in [0.25, 0.3) is 16.3 Å². The highest BCUT2D eigenvalue weighted by molar-refractivity contribution is 6.30. The number of nitrogens with one attached hydrogen (secondary N) is 1. The van der Waals surface area contributed by atoms with Gasteiger partial charge in [0.2, 0.25) is 5.43 Å². The molecule has 0 atom stereocenters. The van der Waals surface area contributed by atoms with Crippen LogP contribution >= 0.6 is 11.6 Å². The van der Waals surface area contributed by atoms with Crippen molar-refractivity contribution in [1.29, 1.82) is 0 Å². The molecular weight excluding hydrogens is 452 g/mol. The van der Waals surface area contributed by atoms with E-state index in [9.17, 15) is 9.59 Å². The van der Waals surface area contributed by atoms with Crippen LogP contribution < -0.4 is 16.5 Å². The van der Waals surface area contributed by atoms with Gasteiger partial charge in [-0.15, -0.1) is 0 Å². The number of benzene rings is 2. The third kappa shape index (κ3) is 4.52. The predicted molar refractivity (Wildman–Crippen MR) is 134 cm³/mol. The molecule has 1 saturated heterocycles. The van der Waals surface area contributed by atoms with Crippen LogP contribution in [0.2, 0.25) is 5.02 Å². The second-order valence-corrected chi connectivity index (χ2v) is 9.13. The Hall–Kier alpha value is -2.97. The summed E-state index contributed by atoms with van der Waals surface area (Å²) < 4.78 is 7.41. The molecule has 7 nitrogen and oxygen atoms in total. The third-order valence-corrected chi connectivity index (χ3v) is 6.59. The van der Waals surface area contributed by atoms with Crippen LogP contribution in [0.4, 0.5) is 0 Å². The van der Waals surface area contributed by atoms with E-state index in [2.05, 4.69) is 22.3 Å². The van der Waals surface area contributed by atoms with Crippen LogP contribution in [0, 0.1) is 0 Å². The molecule has 176 valence electrons. The van der Waals surface area contributed by atoms with E-state index in [1.165, 1.54) is 0 Å². The van der Waals surface area contributed by atoms with Gasteiger partial charge in [0.15, 0.2) is 0 Å². The summed E-state index contributed by atoms with van der Waals surface area (Å²) in [5, 5.41) is 5.06. The fourth-order valence-electron chi connectivity index (χ4n) is 4.63. The molecule has 0 spiro atoms. The molecule has 8 heteroatoms. The van der Waals surface area contributed by atoms with Crippen LogP contribution in [0.1, 0.15) is 27.2 Å². The molecule has 0 radical (unpaired) electrons. The zero-order valence-electron chi connectivity index (χ0n) is 18.9. The molecule has 5 rings (SSSR count). The standard InChI is InChI=1S/C26H27ClN4O3/c27-20-3-1-17(2-4-20)14-29-26(33)23-16-31-21(5-6-28)13-19-11-18(12-22(24(19)31)25(23)32)15-30-7-9-34-10-8-30/h1-4,11-13,16H,5-10,14-15,28H2,(H,29,33). The number of hydrogen-bond donors (Lipinski definition) is 2. The Morgan fingerprint density at radius 2 is 1.85 bits per heavy atom. The molecule has 0 bridgehead atoms. The Labute approximate surface area is 202 Å². The van der Waals surface area contributed by atoms with Gasteiger partial charge in [0.1, 0.15) is 5.56 Å². The second-order valence-electron chi connectivity index (χ2n) is 8.70. The normalized spacial score (nSPS) is 14.8. The fourth-order valence-corrected chi connectivity index (χ4v) is 4.76. The van der Waals surface area contributed by atoms with E-state index in [0.29, 0.717) is 43.1 Å². The molecule has 2 aromatic heterocycles. The number of ether oxygens (including phenoxy) is 1. The van der Waals surface area contributed by atoms with E-state index in [-0.39, 0.29) is 11.0 Å². The van der Waals surface area contributed by atoms with Crippen LogP contribution in [-0.2, 0) is 24.2 Å². The number of hydrogen-bond acceptors (Lipinski definition) is 5. The van der Waals surface area contributed by atoms with Gasteiger partial charge in [0.25, 0.3) is 5.91 Å². The van der Waals surface area contributed by atoms with Gasteiger partial charge in [0.05, 0.1) is 18.7 Å². The molecule has 3 N–H and O–H groups in total. The van der Waals surface area contributed by atoms with Crippen LogP contribution in [0.15, 0.2) is 53.5 Å². The molecule has 3 heterocycles. The molecule has 1 amide bonds. The number of amides is 1. The van der Waals surface area contributed by atoms with E-state index in [1.54, 1.807) is 18.3 Å². The lowest BCUT2D eigenvalue weighted by Gasteiger charge is -2.26. The minimum atomic E-state index is -0.398. The van der Waals surface area contributed by atoms with Gasteiger partial charge < -0.3 is 20.2 Å². The highest BCUT2D eigenvalue weighted by Crippen LogP contribution is 2.26. The molecule has 0 unspecified atom stereocenters. The Kier molecular flexibility index (Phi) is 6.52. The number of nitrogens with zero attached hydrogens (tertiary/aromatic N) is 2. The number of carbonyl (C=O) groups is 1. The minimum Gasteiger partial charge on any atom is -0.379 e. The first kappa shape index (κ1) is 22.8.